The Balaban J connectivity index is 1.89. The van der Waals surface area contributed by atoms with Crippen LogP contribution in [0.1, 0.15) is 5.56 Å². The van der Waals surface area contributed by atoms with Crippen molar-refractivity contribution in [3.8, 4) is 0 Å². The summed E-state index contributed by atoms with van der Waals surface area (Å²) >= 11 is 11.8. The highest BCUT2D eigenvalue weighted by atomic mass is 35.5. The summed E-state index contributed by atoms with van der Waals surface area (Å²) in [4.78, 5) is 13.1. The summed E-state index contributed by atoms with van der Waals surface area (Å²) in [7, 11) is 1.98. The number of carbonyl (C=O) groups is 1. The third kappa shape index (κ3) is 5.38. The van der Waals surface area contributed by atoms with Crippen molar-refractivity contribution in [1.82, 2.24) is 0 Å². The lowest BCUT2D eigenvalue weighted by Crippen LogP contribution is -3.08. The van der Waals surface area contributed by atoms with E-state index in [0.717, 1.165) is 11.4 Å². The maximum absolute atomic E-state index is 12.0. The summed E-state index contributed by atoms with van der Waals surface area (Å²) in [6.07, 6.45) is 0. The summed E-state index contributed by atoms with van der Waals surface area (Å²) < 4.78 is 0. The van der Waals surface area contributed by atoms with Crippen LogP contribution in [0.25, 0.3) is 0 Å². The molecule has 110 valence electrons. The van der Waals surface area contributed by atoms with E-state index in [0.29, 0.717) is 22.3 Å². The second kappa shape index (κ2) is 7.46. The fraction of sp³-hybridized carbons (Fsp3) is 0.188. The summed E-state index contributed by atoms with van der Waals surface area (Å²) in [6.45, 7) is 1.17. The Hall–Kier alpha value is -1.55. The molecule has 0 bridgehead atoms. The van der Waals surface area contributed by atoms with Crippen molar-refractivity contribution >= 4 is 34.8 Å². The topological polar surface area (TPSA) is 33.5 Å². The molecule has 2 aromatic carbocycles. The van der Waals surface area contributed by atoms with Gasteiger partial charge in [0.1, 0.15) is 6.54 Å². The molecule has 1 unspecified atom stereocenters. The monoisotopic (exact) mass is 323 g/mol. The first kappa shape index (κ1) is 15.8. The number of halogens is 2. The zero-order valence-electron chi connectivity index (χ0n) is 11.7. The Morgan fingerprint density at radius 3 is 2.33 bits per heavy atom. The maximum Gasteiger partial charge on any atom is 0.279 e. The lowest BCUT2D eigenvalue weighted by atomic mass is 10.2. The van der Waals surface area contributed by atoms with Crippen LogP contribution in [0.2, 0.25) is 10.0 Å². The number of nitrogens with one attached hydrogen (secondary N) is 2. The zero-order valence-corrected chi connectivity index (χ0v) is 13.2. The van der Waals surface area contributed by atoms with E-state index in [9.17, 15) is 4.79 Å². The molecule has 0 aliphatic carbocycles. The van der Waals surface area contributed by atoms with Crippen LogP contribution in [0.15, 0.2) is 48.5 Å². The van der Waals surface area contributed by atoms with Gasteiger partial charge in [0, 0.05) is 21.3 Å². The van der Waals surface area contributed by atoms with Gasteiger partial charge >= 0.3 is 0 Å². The van der Waals surface area contributed by atoms with Crippen LogP contribution in [-0.2, 0) is 11.3 Å². The molecular formula is C16H17Cl2N2O+. The van der Waals surface area contributed by atoms with E-state index in [-0.39, 0.29) is 5.91 Å². The Morgan fingerprint density at radius 2 is 1.71 bits per heavy atom. The smallest absolute Gasteiger partial charge is 0.279 e. The number of likely N-dealkylation sites (N-methyl/N-ethyl adjacent to an activating group) is 1. The Morgan fingerprint density at radius 1 is 1.10 bits per heavy atom. The van der Waals surface area contributed by atoms with E-state index in [4.69, 9.17) is 23.2 Å². The molecule has 5 heteroatoms. The molecule has 0 saturated carbocycles. The van der Waals surface area contributed by atoms with Crippen molar-refractivity contribution in [2.75, 3.05) is 18.9 Å². The van der Waals surface area contributed by atoms with Gasteiger partial charge in [-0.3, -0.25) is 4.79 Å². The van der Waals surface area contributed by atoms with Crippen LogP contribution >= 0.6 is 23.2 Å². The van der Waals surface area contributed by atoms with Gasteiger partial charge in [0.15, 0.2) is 6.54 Å². The minimum atomic E-state index is -0.0678. The number of rotatable bonds is 5. The van der Waals surface area contributed by atoms with Gasteiger partial charge in [0.05, 0.1) is 7.05 Å². The summed E-state index contributed by atoms with van der Waals surface area (Å²) in [5.74, 6) is -0.0678. The molecular weight excluding hydrogens is 307 g/mol. The molecule has 0 aliphatic heterocycles. The quantitative estimate of drug-likeness (QED) is 0.871. The molecule has 0 aromatic heterocycles. The van der Waals surface area contributed by atoms with Gasteiger partial charge in [-0.05, 0) is 18.2 Å². The fourth-order valence-corrected chi connectivity index (χ4v) is 2.64. The molecule has 0 radical (unpaired) electrons. The van der Waals surface area contributed by atoms with Crippen molar-refractivity contribution < 1.29 is 9.69 Å². The van der Waals surface area contributed by atoms with Crippen LogP contribution < -0.4 is 10.2 Å². The average molecular weight is 324 g/mol. The number of hydrogen-bond donors (Lipinski definition) is 2. The van der Waals surface area contributed by atoms with E-state index in [1.807, 2.05) is 25.2 Å². The standard InChI is InChI=1S/C16H16Cl2N2O/c1-20(10-12-5-3-2-4-6-12)11-16(21)19-15-8-13(17)7-14(18)9-15/h2-9H,10-11H2,1H3,(H,19,21)/p+1. The second-order valence-corrected chi connectivity index (χ2v) is 5.88. The Bertz CT molecular complexity index is 597. The summed E-state index contributed by atoms with van der Waals surface area (Å²) in [5, 5.41) is 3.82. The molecule has 0 aliphatic rings. The van der Waals surface area contributed by atoms with E-state index in [1.165, 1.54) is 5.56 Å². The van der Waals surface area contributed by atoms with Crippen molar-refractivity contribution in [2.45, 2.75) is 6.54 Å². The van der Waals surface area contributed by atoms with Gasteiger partial charge in [0.2, 0.25) is 0 Å². The third-order valence-corrected chi connectivity index (χ3v) is 3.39. The van der Waals surface area contributed by atoms with Crippen molar-refractivity contribution in [3.05, 3.63) is 64.1 Å². The number of hydrogen-bond acceptors (Lipinski definition) is 1. The maximum atomic E-state index is 12.0. The molecule has 0 saturated heterocycles. The highest BCUT2D eigenvalue weighted by Gasteiger charge is 2.11. The van der Waals surface area contributed by atoms with E-state index < -0.39 is 0 Å². The summed E-state index contributed by atoms with van der Waals surface area (Å²) in [5.41, 5.74) is 1.82. The first-order valence-corrected chi connectivity index (χ1v) is 7.39. The van der Waals surface area contributed by atoms with E-state index in [1.54, 1.807) is 18.2 Å². The highest BCUT2D eigenvalue weighted by molar-refractivity contribution is 6.35. The second-order valence-electron chi connectivity index (χ2n) is 5.00. The zero-order chi connectivity index (χ0) is 15.2. The van der Waals surface area contributed by atoms with Crippen LogP contribution in [-0.4, -0.2) is 19.5 Å². The molecule has 2 aromatic rings. The summed E-state index contributed by atoms with van der Waals surface area (Å²) in [6, 6.07) is 15.1. The normalized spacial score (nSPS) is 12.0. The number of anilines is 1. The predicted molar refractivity (Wildman–Crippen MR) is 87.0 cm³/mol. The first-order chi connectivity index (χ1) is 10.0. The molecule has 2 N–H and O–H groups in total. The van der Waals surface area contributed by atoms with Crippen LogP contribution in [0.4, 0.5) is 5.69 Å². The fourth-order valence-electron chi connectivity index (χ4n) is 2.11. The number of carbonyl (C=O) groups excluding carboxylic acids is 1. The average Bonchev–Trinajstić information content (AvgIpc) is 2.37. The van der Waals surface area contributed by atoms with E-state index >= 15 is 0 Å². The SMILES string of the molecule is C[NH+](CC(=O)Nc1cc(Cl)cc(Cl)c1)Cc1ccccc1. The molecule has 0 spiro atoms. The molecule has 1 amide bonds. The molecule has 0 fully saturated rings. The van der Waals surface area contributed by atoms with Crippen LogP contribution in [0, 0.1) is 0 Å². The minimum Gasteiger partial charge on any atom is -0.326 e. The third-order valence-electron chi connectivity index (χ3n) is 2.96. The van der Waals surface area contributed by atoms with Gasteiger partial charge in [-0.2, -0.15) is 0 Å². The van der Waals surface area contributed by atoms with Crippen molar-refractivity contribution in [1.29, 1.82) is 0 Å². The molecule has 21 heavy (non-hydrogen) atoms. The van der Waals surface area contributed by atoms with Gasteiger partial charge < -0.3 is 10.2 Å². The largest absolute Gasteiger partial charge is 0.326 e. The molecule has 1 atom stereocenters. The lowest BCUT2D eigenvalue weighted by Gasteiger charge is -2.14. The van der Waals surface area contributed by atoms with Gasteiger partial charge in [0.25, 0.3) is 5.91 Å². The Labute approximate surface area is 134 Å². The highest BCUT2D eigenvalue weighted by Crippen LogP contribution is 2.22. The molecule has 3 nitrogen and oxygen atoms in total. The number of quaternary nitrogens is 1. The van der Waals surface area contributed by atoms with Gasteiger partial charge in [-0.1, -0.05) is 53.5 Å². The van der Waals surface area contributed by atoms with Gasteiger partial charge in [-0.25, -0.2) is 0 Å². The van der Waals surface area contributed by atoms with Crippen LogP contribution in [0.3, 0.4) is 0 Å². The minimum absolute atomic E-state index is 0.0678. The Kier molecular flexibility index (Phi) is 5.62. The number of benzene rings is 2. The van der Waals surface area contributed by atoms with Gasteiger partial charge in [-0.15, -0.1) is 0 Å². The van der Waals surface area contributed by atoms with E-state index in [2.05, 4.69) is 17.4 Å². The number of amides is 1. The van der Waals surface area contributed by atoms with Crippen molar-refractivity contribution in [3.63, 3.8) is 0 Å². The van der Waals surface area contributed by atoms with Crippen molar-refractivity contribution in [2.24, 2.45) is 0 Å². The molecule has 0 heterocycles. The van der Waals surface area contributed by atoms with Crippen LogP contribution in [0.5, 0.6) is 0 Å². The predicted octanol–water partition coefficient (Wildman–Crippen LogP) is 2.65. The lowest BCUT2D eigenvalue weighted by molar-refractivity contribution is -0.885. The first-order valence-electron chi connectivity index (χ1n) is 6.64. The molecule has 2 rings (SSSR count).